The Kier molecular flexibility index (Phi) is 4.69. The molecule has 5 nitrogen and oxygen atoms in total. The van der Waals surface area contributed by atoms with Gasteiger partial charge in [0.2, 0.25) is 0 Å². The molecule has 0 atom stereocenters. The van der Waals surface area contributed by atoms with E-state index in [-0.39, 0.29) is 17.4 Å². The molecule has 0 unspecified atom stereocenters. The lowest BCUT2D eigenvalue weighted by molar-refractivity contribution is -0.0370. The van der Waals surface area contributed by atoms with E-state index in [4.69, 9.17) is 4.74 Å². The molecule has 24 heavy (non-hydrogen) atoms. The fourth-order valence-corrected chi connectivity index (χ4v) is 3.34. The third-order valence-corrected chi connectivity index (χ3v) is 4.87. The molecule has 1 aromatic heterocycles. The van der Waals surface area contributed by atoms with Crippen LogP contribution in [0.5, 0.6) is 0 Å². The maximum absolute atomic E-state index is 12.8. The second-order valence-corrected chi connectivity index (χ2v) is 7.28. The Morgan fingerprint density at radius 2 is 2.08 bits per heavy atom. The lowest BCUT2D eigenvalue weighted by Gasteiger charge is -2.42. The highest BCUT2D eigenvalue weighted by Gasteiger charge is 2.34. The first-order chi connectivity index (χ1) is 11.5. The SMILES string of the molecule is CC1(C)COCCN1C(=O)c1cccc(NC(=O)c2cccs2)c1. The number of thiophene rings is 1. The first kappa shape index (κ1) is 16.7. The molecule has 2 amide bonds. The fraction of sp³-hybridized carbons (Fsp3) is 0.333. The van der Waals surface area contributed by atoms with Gasteiger partial charge in [-0.2, -0.15) is 0 Å². The standard InChI is InChI=1S/C18H20N2O3S/c1-18(2)12-23-9-8-20(18)17(22)13-5-3-6-14(11-13)19-16(21)15-7-4-10-24-15/h3-7,10-11H,8-9,12H2,1-2H3,(H,19,21). The van der Waals surface area contributed by atoms with Gasteiger partial charge in [-0.3, -0.25) is 9.59 Å². The summed E-state index contributed by atoms with van der Waals surface area (Å²) in [6.07, 6.45) is 0. The monoisotopic (exact) mass is 344 g/mol. The Bertz CT molecular complexity index is 740. The van der Waals surface area contributed by atoms with Crippen molar-refractivity contribution in [2.75, 3.05) is 25.1 Å². The summed E-state index contributed by atoms with van der Waals surface area (Å²) >= 11 is 1.38. The molecule has 0 saturated carbocycles. The van der Waals surface area contributed by atoms with Crippen molar-refractivity contribution in [3.05, 3.63) is 52.2 Å². The summed E-state index contributed by atoms with van der Waals surface area (Å²) in [5.74, 6) is -0.211. The number of anilines is 1. The van der Waals surface area contributed by atoms with Gasteiger partial charge in [-0.15, -0.1) is 11.3 Å². The van der Waals surface area contributed by atoms with E-state index in [0.29, 0.717) is 35.9 Å². The van der Waals surface area contributed by atoms with Crippen molar-refractivity contribution < 1.29 is 14.3 Å². The van der Waals surface area contributed by atoms with E-state index < -0.39 is 0 Å². The molecular formula is C18H20N2O3S. The molecule has 0 radical (unpaired) electrons. The van der Waals surface area contributed by atoms with Gasteiger partial charge < -0.3 is 15.0 Å². The number of hydrogen-bond donors (Lipinski definition) is 1. The zero-order valence-electron chi connectivity index (χ0n) is 13.7. The minimum atomic E-state index is -0.342. The zero-order chi connectivity index (χ0) is 17.2. The summed E-state index contributed by atoms with van der Waals surface area (Å²) < 4.78 is 5.47. The molecule has 2 aromatic rings. The number of amides is 2. The first-order valence-corrected chi connectivity index (χ1v) is 8.70. The van der Waals surface area contributed by atoms with Crippen molar-refractivity contribution in [1.82, 2.24) is 4.90 Å². The van der Waals surface area contributed by atoms with Crippen LogP contribution < -0.4 is 5.32 Å². The van der Waals surface area contributed by atoms with Gasteiger partial charge in [-0.1, -0.05) is 12.1 Å². The smallest absolute Gasteiger partial charge is 0.265 e. The second kappa shape index (κ2) is 6.75. The van der Waals surface area contributed by atoms with Crippen molar-refractivity contribution in [1.29, 1.82) is 0 Å². The van der Waals surface area contributed by atoms with Crippen LogP contribution in [0.1, 0.15) is 33.9 Å². The van der Waals surface area contributed by atoms with E-state index in [9.17, 15) is 9.59 Å². The van der Waals surface area contributed by atoms with E-state index in [0.717, 1.165) is 0 Å². The highest BCUT2D eigenvalue weighted by atomic mass is 32.1. The van der Waals surface area contributed by atoms with Gasteiger partial charge in [-0.05, 0) is 43.5 Å². The Hall–Kier alpha value is -2.18. The van der Waals surface area contributed by atoms with Crippen molar-refractivity contribution in [3.8, 4) is 0 Å². The second-order valence-electron chi connectivity index (χ2n) is 6.33. The average Bonchev–Trinajstić information content (AvgIpc) is 3.09. The Balaban J connectivity index is 1.77. The summed E-state index contributed by atoms with van der Waals surface area (Å²) in [6, 6.07) is 10.7. The van der Waals surface area contributed by atoms with Crippen LogP contribution >= 0.6 is 11.3 Å². The van der Waals surface area contributed by atoms with Crippen molar-refractivity contribution in [2.45, 2.75) is 19.4 Å². The van der Waals surface area contributed by atoms with Gasteiger partial charge in [-0.25, -0.2) is 0 Å². The number of benzene rings is 1. The van der Waals surface area contributed by atoms with E-state index in [1.807, 2.05) is 30.2 Å². The number of morpholine rings is 1. The molecule has 1 saturated heterocycles. The van der Waals surface area contributed by atoms with E-state index >= 15 is 0 Å². The maximum atomic E-state index is 12.8. The van der Waals surface area contributed by atoms with E-state index in [1.165, 1.54) is 11.3 Å². The summed E-state index contributed by atoms with van der Waals surface area (Å²) in [5.41, 5.74) is 0.838. The van der Waals surface area contributed by atoms with Crippen molar-refractivity contribution in [2.24, 2.45) is 0 Å². The van der Waals surface area contributed by atoms with Gasteiger partial charge in [0, 0.05) is 17.8 Å². The molecule has 6 heteroatoms. The Labute approximate surface area is 145 Å². The third kappa shape index (κ3) is 3.49. The zero-order valence-corrected chi connectivity index (χ0v) is 14.6. The van der Waals surface area contributed by atoms with Gasteiger partial charge in [0.15, 0.2) is 0 Å². The molecule has 1 fully saturated rings. The molecule has 126 valence electrons. The lowest BCUT2D eigenvalue weighted by atomic mass is 10.0. The van der Waals surface area contributed by atoms with E-state index in [1.54, 1.807) is 30.3 Å². The van der Waals surface area contributed by atoms with E-state index in [2.05, 4.69) is 5.32 Å². The summed E-state index contributed by atoms with van der Waals surface area (Å²) in [4.78, 5) is 27.5. The Morgan fingerprint density at radius 1 is 1.25 bits per heavy atom. The number of nitrogens with one attached hydrogen (secondary N) is 1. The largest absolute Gasteiger partial charge is 0.377 e. The quantitative estimate of drug-likeness (QED) is 0.930. The molecule has 1 aliphatic heterocycles. The lowest BCUT2D eigenvalue weighted by Crippen LogP contribution is -2.55. The molecule has 1 aromatic carbocycles. The molecule has 0 aliphatic carbocycles. The Morgan fingerprint density at radius 3 is 2.79 bits per heavy atom. The first-order valence-electron chi connectivity index (χ1n) is 7.82. The number of ether oxygens (including phenoxy) is 1. The number of carbonyl (C=O) groups excluding carboxylic acids is 2. The van der Waals surface area contributed by atoms with Crippen LogP contribution in [0, 0.1) is 0 Å². The average molecular weight is 344 g/mol. The highest BCUT2D eigenvalue weighted by molar-refractivity contribution is 7.12. The van der Waals surface area contributed by atoms with Gasteiger partial charge in [0.05, 0.1) is 23.6 Å². The predicted molar refractivity (Wildman–Crippen MR) is 94.6 cm³/mol. The minimum absolute atomic E-state index is 0.0458. The molecule has 1 aliphatic rings. The summed E-state index contributed by atoms with van der Waals surface area (Å²) in [6.45, 7) is 5.62. The van der Waals surface area contributed by atoms with Crippen molar-refractivity contribution in [3.63, 3.8) is 0 Å². The summed E-state index contributed by atoms with van der Waals surface area (Å²) in [5, 5.41) is 4.70. The molecule has 0 bridgehead atoms. The molecule has 0 spiro atoms. The van der Waals surface area contributed by atoms with Crippen LogP contribution in [0.3, 0.4) is 0 Å². The molecule has 3 rings (SSSR count). The fourth-order valence-electron chi connectivity index (χ4n) is 2.72. The molecular weight excluding hydrogens is 324 g/mol. The van der Waals surface area contributed by atoms with Crippen LogP contribution in [0.25, 0.3) is 0 Å². The number of carbonyl (C=O) groups is 2. The topological polar surface area (TPSA) is 58.6 Å². The minimum Gasteiger partial charge on any atom is -0.377 e. The number of hydrogen-bond acceptors (Lipinski definition) is 4. The molecule has 1 N–H and O–H groups in total. The third-order valence-electron chi connectivity index (χ3n) is 4.00. The van der Waals surface area contributed by atoms with Crippen LogP contribution in [0.2, 0.25) is 0 Å². The predicted octanol–water partition coefficient (Wildman–Crippen LogP) is 3.25. The van der Waals surface area contributed by atoms with Crippen LogP contribution in [-0.4, -0.2) is 42.0 Å². The number of rotatable bonds is 3. The van der Waals surface area contributed by atoms with Gasteiger partial charge in [0.1, 0.15) is 0 Å². The normalized spacial score (nSPS) is 16.7. The summed E-state index contributed by atoms with van der Waals surface area (Å²) in [7, 11) is 0. The van der Waals surface area contributed by atoms with Crippen molar-refractivity contribution >= 4 is 28.8 Å². The highest BCUT2D eigenvalue weighted by Crippen LogP contribution is 2.23. The van der Waals surface area contributed by atoms with Gasteiger partial charge >= 0.3 is 0 Å². The molecule has 2 heterocycles. The maximum Gasteiger partial charge on any atom is 0.265 e. The van der Waals surface area contributed by atoms with Crippen LogP contribution in [0.15, 0.2) is 41.8 Å². The van der Waals surface area contributed by atoms with Crippen LogP contribution in [-0.2, 0) is 4.74 Å². The van der Waals surface area contributed by atoms with Gasteiger partial charge in [0.25, 0.3) is 11.8 Å². The van der Waals surface area contributed by atoms with Crippen LogP contribution in [0.4, 0.5) is 5.69 Å². The number of nitrogens with zero attached hydrogens (tertiary/aromatic N) is 1.